The number of carbonyl (C=O) groups excluding carboxylic acids is 2. The number of ether oxygens (including phenoxy) is 2. The highest BCUT2D eigenvalue weighted by Crippen LogP contribution is 1.89. The van der Waals surface area contributed by atoms with Crippen molar-refractivity contribution in [3.8, 4) is 0 Å². The van der Waals surface area contributed by atoms with E-state index in [0.717, 1.165) is 19.4 Å². The molecule has 0 aliphatic heterocycles. The van der Waals surface area contributed by atoms with E-state index in [9.17, 15) is 9.59 Å². The second-order valence-corrected chi connectivity index (χ2v) is 3.07. The molecule has 0 fully saturated rings. The van der Waals surface area contributed by atoms with Crippen LogP contribution in [0.5, 0.6) is 0 Å². The third-order valence-electron chi connectivity index (χ3n) is 1.76. The highest BCUT2D eigenvalue weighted by molar-refractivity contribution is 6.32. The van der Waals surface area contributed by atoms with E-state index in [0.29, 0.717) is 19.6 Å². The molecule has 0 spiro atoms. The van der Waals surface area contributed by atoms with Crippen LogP contribution in [-0.2, 0) is 19.1 Å². The van der Waals surface area contributed by atoms with Gasteiger partial charge in [0.25, 0.3) is 0 Å². The third kappa shape index (κ3) is 7.93. The Kier molecular flexibility index (Phi) is 8.76. The molecule has 0 heterocycles. The van der Waals surface area contributed by atoms with Crippen molar-refractivity contribution in [2.24, 2.45) is 0 Å². The maximum absolute atomic E-state index is 10.9. The van der Waals surface area contributed by atoms with Gasteiger partial charge < -0.3 is 14.8 Å². The molecule has 0 bridgehead atoms. The number of nitrogens with one attached hydrogen (secondary N) is 1. The van der Waals surface area contributed by atoms with Gasteiger partial charge in [0, 0.05) is 19.8 Å². The van der Waals surface area contributed by atoms with Gasteiger partial charge in [0.15, 0.2) is 0 Å². The van der Waals surface area contributed by atoms with Gasteiger partial charge in [-0.2, -0.15) is 0 Å². The summed E-state index contributed by atoms with van der Waals surface area (Å²) in [6.07, 6.45) is 2.86. The smallest absolute Gasteiger partial charge is 0.396 e. The van der Waals surface area contributed by atoms with E-state index in [4.69, 9.17) is 4.74 Å². The van der Waals surface area contributed by atoms with E-state index >= 15 is 0 Å². The van der Waals surface area contributed by atoms with Crippen molar-refractivity contribution >= 4 is 11.9 Å². The van der Waals surface area contributed by atoms with Crippen molar-refractivity contribution in [3.05, 3.63) is 0 Å². The molecule has 88 valence electrons. The molecule has 1 N–H and O–H groups in total. The molecule has 5 heteroatoms. The Morgan fingerprint density at radius 1 is 1.20 bits per heavy atom. The van der Waals surface area contributed by atoms with Crippen LogP contribution in [0.1, 0.15) is 26.2 Å². The fourth-order valence-electron chi connectivity index (χ4n) is 0.889. The van der Waals surface area contributed by atoms with Gasteiger partial charge in [-0.05, 0) is 12.8 Å². The summed E-state index contributed by atoms with van der Waals surface area (Å²) in [6, 6.07) is 0. The van der Waals surface area contributed by atoms with E-state index in [1.165, 1.54) is 7.11 Å². The molecule has 0 aromatic carbocycles. The van der Waals surface area contributed by atoms with Crippen LogP contribution in [0.15, 0.2) is 0 Å². The zero-order valence-electron chi connectivity index (χ0n) is 9.38. The Bertz CT molecular complexity index is 194. The predicted octanol–water partition coefficient (Wildman–Crippen LogP) is 0.482. The highest BCUT2D eigenvalue weighted by Gasteiger charge is 2.11. The van der Waals surface area contributed by atoms with Gasteiger partial charge in [0.1, 0.15) is 0 Å². The van der Waals surface area contributed by atoms with Crippen LogP contribution in [0.3, 0.4) is 0 Å². The van der Waals surface area contributed by atoms with E-state index < -0.39 is 11.9 Å². The molecule has 0 saturated heterocycles. The van der Waals surface area contributed by atoms with Crippen LogP contribution in [0, 0.1) is 0 Å². The molecule has 0 aromatic rings. The molecular weight excluding hydrogens is 198 g/mol. The van der Waals surface area contributed by atoms with Gasteiger partial charge in [-0.15, -0.1) is 0 Å². The number of methoxy groups -OCH3 is 1. The van der Waals surface area contributed by atoms with Crippen LogP contribution in [0.25, 0.3) is 0 Å². The zero-order valence-corrected chi connectivity index (χ0v) is 9.38. The lowest BCUT2D eigenvalue weighted by Gasteiger charge is -2.04. The minimum Gasteiger partial charge on any atom is -0.462 e. The van der Waals surface area contributed by atoms with Gasteiger partial charge in [0.2, 0.25) is 0 Å². The Balaban J connectivity index is 3.24. The fraction of sp³-hybridized carbons (Fsp3) is 0.800. The molecule has 0 saturated carbocycles. The summed E-state index contributed by atoms with van der Waals surface area (Å²) in [5, 5.41) is 2.43. The van der Waals surface area contributed by atoms with Crippen LogP contribution in [-0.4, -0.2) is 38.7 Å². The van der Waals surface area contributed by atoms with Crippen molar-refractivity contribution in [3.63, 3.8) is 0 Å². The predicted molar refractivity (Wildman–Crippen MR) is 55.4 cm³/mol. The average molecular weight is 217 g/mol. The Morgan fingerprint density at radius 2 is 1.87 bits per heavy atom. The van der Waals surface area contributed by atoms with Crippen LogP contribution >= 0.6 is 0 Å². The molecular formula is C10H19NO4. The summed E-state index contributed by atoms with van der Waals surface area (Å²) in [6.45, 7) is 3.88. The first-order chi connectivity index (χ1) is 7.22. The Labute approximate surface area is 90.1 Å². The molecule has 0 unspecified atom stereocenters. The van der Waals surface area contributed by atoms with Gasteiger partial charge in [-0.1, -0.05) is 13.3 Å². The van der Waals surface area contributed by atoms with Crippen LogP contribution < -0.4 is 5.32 Å². The lowest BCUT2D eigenvalue weighted by Crippen LogP contribution is -2.32. The van der Waals surface area contributed by atoms with E-state index in [1.807, 2.05) is 0 Å². The number of amides is 1. The first kappa shape index (κ1) is 13.9. The number of hydrogen-bond acceptors (Lipinski definition) is 4. The monoisotopic (exact) mass is 217 g/mol. The second-order valence-electron chi connectivity index (χ2n) is 3.07. The Hall–Kier alpha value is -1.10. The van der Waals surface area contributed by atoms with E-state index in [-0.39, 0.29) is 0 Å². The molecule has 0 aliphatic rings. The van der Waals surface area contributed by atoms with Crippen LogP contribution in [0.4, 0.5) is 0 Å². The molecule has 0 radical (unpaired) electrons. The first-order valence-electron chi connectivity index (χ1n) is 5.16. The van der Waals surface area contributed by atoms with Gasteiger partial charge >= 0.3 is 11.9 Å². The van der Waals surface area contributed by atoms with Gasteiger partial charge in [-0.25, -0.2) is 4.79 Å². The molecule has 15 heavy (non-hydrogen) atoms. The summed E-state index contributed by atoms with van der Waals surface area (Å²) in [4.78, 5) is 21.5. The minimum atomic E-state index is -0.859. The van der Waals surface area contributed by atoms with Crippen molar-refractivity contribution in [2.75, 3.05) is 26.9 Å². The molecule has 0 aromatic heterocycles. The summed E-state index contributed by atoms with van der Waals surface area (Å²) in [7, 11) is 1.18. The fourth-order valence-corrected chi connectivity index (χ4v) is 0.889. The van der Waals surface area contributed by atoms with E-state index in [2.05, 4.69) is 17.0 Å². The lowest BCUT2D eigenvalue weighted by atomic mass is 10.3. The Morgan fingerprint density at radius 3 is 2.47 bits per heavy atom. The number of esters is 1. The number of hydrogen-bond donors (Lipinski definition) is 1. The zero-order chi connectivity index (χ0) is 11.5. The summed E-state index contributed by atoms with van der Waals surface area (Å²) < 4.78 is 9.52. The number of carbonyl (C=O) groups is 2. The van der Waals surface area contributed by atoms with Crippen LogP contribution in [0.2, 0.25) is 0 Å². The minimum absolute atomic E-state index is 0.431. The van der Waals surface area contributed by atoms with Gasteiger partial charge in [0.05, 0.1) is 7.11 Å². The largest absolute Gasteiger partial charge is 0.462 e. The standard InChI is InChI=1S/C10H19NO4/c1-3-4-7-15-8-5-6-11-9(12)10(13)14-2/h3-8H2,1-2H3,(H,11,12). The highest BCUT2D eigenvalue weighted by atomic mass is 16.5. The van der Waals surface area contributed by atoms with Gasteiger partial charge in [-0.3, -0.25) is 4.79 Å². The lowest BCUT2D eigenvalue weighted by molar-refractivity contribution is -0.152. The molecule has 0 atom stereocenters. The third-order valence-corrected chi connectivity index (χ3v) is 1.76. The summed E-state index contributed by atoms with van der Waals surface area (Å²) >= 11 is 0. The maximum Gasteiger partial charge on any atom is 0.396 e. The van der Waals surface area contributed by atoms with Crippen molar-refractivity contribution in [1.82, 2.24) is 5.32 Å². The second kappa shape index (κ2) is 9.45. The summed E-state index contributed by atoms with van der Waals surface area (Å²) in [5.41, 5.74) is 0. The number of rotatable bonds is 7. The first-order valence-corrected chi connectivity index (χ1v) is 5.16. The SMILES string of the molecule is CCCCOCCCNC(=O)C(=O)OC. The quantitative estimate of drug-likeness (QED) is 0.383. The van der Waals surface area contributed by atoms with Crippen molar-refractivity contribution in [2.45, 2.75) is 26.2 Å². The van der Waals surface area contributed by atoms with Crippen molar-refractivity contribution < 1.29 is 19.1 Å². The molecule has 0 rings (SSSR count). The molecule has 5 nitrogen and oxygen atoms in total. The molecule has 0 aliphatic carbocycles. The topological polar surface area (TPSA) is 64.6 Å². The maximum atomic E-state index is 10.9. The molecule has 1 amide bonds. The van der Waals surface area contributed by atoms with E-state index in [1.54, 1.807) is 0 Å². The number of unbranched alkanes of at least 4 members (excludes halogenated alkanes) is 1. The summed E-state index contributed by atoms with van der Waals surface area (Å²) in [5.74, 6) is -1.56. The van der Waals surface area contributed by atoms with Crippen molar-refractivity contribution in [1.29, 1.82) is 0 Å². The average Bonchev–Trinajstić information content (AvgIpc) is 2.26. The normalized spacial score (nSPS) is 9.73.